The van der Waals surface area contributed by atoms with Crippen LogP contribution in [0.2, 0.25) is 0 Å². The Balaban J connectivity index is 2.04. The highest BCUT2D eigenvalue weighted by atomic mass is 16.5. The first-order valence-electron chi connectivity index (χ1n) is 7.26. The van der Waals surface area contributed by atoms with Crippen molar-refractivity contribution in [1.29, 1.82) is 0 Å². The highest BCUT2D eigenvalue weighted by molar-refractivity contribution is 5.38. The van der Waals surface area contributed by atoms with E-state index in [0.29, 0.717) is 12.6 Å². The third kappa shape index (κ3) is 3.71. The van der Waals surface area contributed by atoms with Crippen LogP contribution in [0.15, 0.2) is 18.2 Å². The fraction of sp³-hybridized carbons (Fsp3) is 0.625. The molecule has 1 saturated heterocycles. The number of rotatable bonds is 5. The smallest absolute Gasteiger partial charge is 0.137 e. The molecule has 3 nitrogen and oxygen atoms in total. The number of benzene rings is 1. The molecule has 1 aromatic carbocycles. The average Bonchev–Trinajstić information content (AvgIpc) is 2.43. The van der Waals surface area contributed by atoms with Gasteiger partial charge in [0.15, 0.2) is 0 Å². The molecule has 3 heteroatoms. The lowest BCUT2D eigenvalue weighted by molar-refractivity contribution is -0.0149. The van der Waals surface area contributed by atoms with Crippen molar-refractivity contribution >= 4 is 0 Å². The van der Waals surface area contributed by atoms with E-state index in [1.54, 1.807) is 0 Å². The van der Waals surface area contributed by atoms with Crippen LogP contribution in [0, 0.1) is 13.8 Å². The molecule has 0 aromatic heterocycles. The first-order valence-corrected chi connectivity index (χ1v) is 7.26. The molecule has 2 rings (SSSR count). The van der Waals surface area contributed by atoms with E-state index >= 15 is 0 Å². The van der Waals surface area contributed by atoms with Gasteiger partial charge in [0.2, 0.25) is 0 Å². The Morgan fingerprint density at radius 2 is 2.21 bits per heavy atom. The lowest BCUT2D eigenvalue weighted by atomic mass is 10.0. The van der Waals surface area contributed by atoms with E-state index in [9.17, 15) is 0 Å². The zero-order valence-electron chi connectivity index (χ0n) is 12.2. The molecule has 0 aliphatic carbocycles. The quantitative estimate of drug-likeness (QED) is 0.886. The van der Waals surface area contributed by atoms with Gasteiger partial charge in [-0.1, -0.05) is 19.1 Å². The largest absolute Gasteiger partial charge is 0.486 e. The minimum atomic E-state index is 0.112. The second-order valence-electron chi connectivity index (χ2n) is 5.28. The summed E-state index contributed by atoms with van der Waals surface area (Å²) in [5, 5.41) is 3.57. The molecule has 0 spiro atoms. The molecule has 0 saturated carbocycles. The third-order valence-electron chi connectivity index (χ3n) is 3.79. The van der Waals surface area contributed by atoms with Crippen molar-refractivity contribution in [3.05, 3.63) is 29.3 Å². The van der Waals surface area contributed by atoms with Crippen molar-refractivity contribution in [2.75, 3.05) is 19.8 Å². The first kappa shape index (κ1) is 14.4. The van der Waals surface area contributed by atoms with Gasteiger partial charge in [0.25, 0.3) is 0 Å². The Morgan fingerprint density at radius 3 is 3.00 bits per heavy atom. The van der Waals surface area contributed by atoms with Crippen LogP contribution < -0.4 is 10.1 Å². The average molecular weight is 263 g/mol. The molecule has 106 valence electrons. The molecule has 19 heavy (non-hydrogen) atoms. The fourth-order valence-electron chi connectivity index (χ4n) is 2.41. The molecule has 1 heterocycles. The van der Waals surface area contributed by atoms with Gasteiger partial charge in [0.1, 0.15) is 11.9 Å². The van der Waals surface area contributed by atoms with Gasteiger partial charge in [0.05, 0.1) is 6.61 Å². The molecular weight excluding hydrogens is 238 g/mol. The van der Waals surface area contributed by atoms with Gasteiger partial charge in [-0.3, -0.25) is 0 Å². The predicted molar refractivity (Wildman–Crippen MR) is 77.8 cm³/mol. The number of ether oxygens (including phenoxy) is 2. The van der Waals surface area contributed by atoms with E-state index in [1.807, 2.05) is 6.07 Å². The van der Waals surface area contributed by atoms with Crippen LogP contribution >= 0.6 is 0 Å². The summed E-state index contributed by atoms with van der Waals surface area (Å²) in [6, 6.07) is 6.62. The van der Waals surface area contributed by atoms with E-state index in [0.717, 1.165) is 31.7 Å². The molecule has 0 amide bonds. The summed E-state index contributed by atoms with van der Waals surface area (Å²) in [4.78, 5) is 0. The van der Waals surface area contributed by atoms with Gasteiger partial charge in [0, 0.05) is 12.6 Å². The molecule has 1 aliphatic rings. The van der Waals surface area contributed by atoms with Crippen LogP contribution in [-0.4, -0.2) is 31.9 Å². The molecule has 0 radical (unpaired) electrons. The van der Waals surface area contributed by atoms with E-state index in [4.69, 9.17) is 9.47 Å². The number of hydrogen-bond acceptors (Lipinski definition) is 3. The minimum Gasteiger partial charge on any atom is -0.486 e. The highest BCUT2D eigenvalue weighted by Gasteiger charge is 2.27. The summed E-state index contributed by atoms with van der Waals surface area (Å²) in [5.41, 5.74) is 2.50. The van der Waals surface area contributed by atoms with E-state index in [2.05, 4.69) is 38.2 Å². The summed E-state index contributed by atoms with van der Waals surface area (Å²) in [5.74, 6) is 0.985. The molecule has 1 aromatic rings. The molecular formula is C16H25NO2. The van der Waals surface area contributed by atoms with Crippen LogP contribution in [0.3, 0.4) is 0 Å². The van der Waals surface area contributed by atoms with Crippen molar-refractivity contribution in [1.82, 2.24) is 5.32 Å². The van der Waals surface area contributed by atoms with Gasteiger partial charge in [-0.15, -0.1) is 0 Å². The van der Waals surface area contributed by atoms with Crippen LogP contribution in [0.25, 0.3) is 0 Å². The number of hydrogen-bond donors (Lipinski definition) is 1. The van der Waals surface area contributed by atoms with Crippen molar-refractivity contribution < 1.29 is 9.47 Å². The van der Waals surface area contributed by atoms with E-state index in [1.165, 1.54) is 11.1 Å². The van der Waals surface area contributed by atoms with Crippen molar-refractivity contribution in [2.24, 2.45) is 0 Å². The fourth-order valence-corrected chi connectivity index (χ4v) is 2.41. The van der Waals surface area contributed by atoms with E-state index in [-0.39, 0.29) is 6.10 Å². The lowest BCUT2D eigenvalue weighted by Crippen LogP contribution is -2.49. The third-order valence-corrected chi connectivity index (χ3v) is 3.79. The standard InChI is InChI=1S/C16H25NO2/c1-4-9-17-14-8-10-18-11-16(14)19-15-7-5-6-12(2)13(15)3/h5-7,14,16-17H,4,8-11H2,1-3H3. The molecule has 0 bridgehead atoms. The maximum Gasteiger partial charge on any atom is 0.137 e. The zero-order chi connectivity index (χ0) is 13.7. The molecule has 1 N–H and O–H groups in total. The summed E-state index contributed by atoms with van der Waals surface area (Å²) in [6.07, 6.45) is 2.28. The number of nitrogens with one attached hydrogen (secondary N) is 1. The van der Waals surface area contributed by atoms with Gasteiger partial charge in [-0.2, -0.15) is 0 Å². The Bertz CT molecular complexity index is 406. The summed E-state index contributed by atoms with van der Waals surface area (Å²) >= 11 is 0. The van der Waals surface area contributed by atoms with Crippen molar-refractivity contribution in [3.63, 3.8) is 0 Å². The Hall–Kier alpha value is -1.06. The van der Waals surface area contributed by atoms with Crippen molar-refractivity contribution in [2.45, 2.75) is 45.8 Å². The maximum atomic E-state index is 6.19. The maximum absolute atomic E-state index is 6.19. The molecule has 2 atom stereocenters. The predicted octanol–water partition coefficient (Wildman–Crippen LogP) is 2.84. The van der Waals surface area contributed by atoms with Gasteiger partial charge in [-0.05, 0) is 50.4 Å². The second-order valence-corrected chi connectivity index (χ2v) is 5.28. The van der Waals surface area contributed by atoms with E-state index < -0.39 is 0 Å². The molecule has 1 aliphatic heterocycles. The topological polar surface area (TPSA) is 30.5 Å². The van der Waals surface area contributed by atoms with Gasteiger partial charge in [-0.25, -0.2) is 0 Å². The highest BCUT2D eigenvalue weighted by Crippen LogP contribution is 2.24. The second kappa shape index (κ2) is 6.92. The normalized spacial score (nSPS) is 23.3. The van der Waals surface area contributed by atoms with Crippen LogP contribution in [0.4, 0.5) is 0 Å². The monoisotopic (exact) mass is 263 g/mol. The summed E-state index contributed by atoms with van der Waals surface area (Å²) < 4.78 is 11.8. The number of aryl methyl sites for hydroxylation is 1. The summed E-state index contributed by atoms with van der Waals surface area (Å²) in [6.45, 7) is 8.96. The first-order chi connectivity index (χ1) is 9.22. The molecule has 1 fully saturated rings. The Morgan fingerprint density at radius 1 is 1.37 bits per heavy atom. The SMILES string of the molecule is CCCNC1CCOCC1Oc1cccc(C)c1C. The lowest BCUT2D eigenvalue weighted by Gasteiger charge is -2.33. The summed E-state index contributed by atoms with van der Waals surface area (Å²) in [7, 11) is 0. The van der Waals surface area contributed by atoms with Crippen LogP contribution in [-0.2, 0) is 4.74 Å². The van der Waals surface area contributed by atoms with Gasteiger partial charge < -0.3 is 14.8 Å². The van der Waals surface area contributed by atoms with Crippen LogP contribution in [0.1, 0.15) is 30.9 Å². The minimum absolute atomic E-state index is 0.112. The van der Waals surface area contributed by atoms with Crippen LogP contribution in [0.5, 0.6) is 5.75 Å². The Kier molecular flexibility index (Phi) is 5.23. The van der Waals surface area contributed by atoms with Gasteiger partial charge >= 0.3 is 0 Å². The molecule has 2 unspecified atom stereocenters. The van der Waals surface area contributed by atoms with Crippen molar-refractivity contribution in [3.8, 4) is 5.75 Å². The Labute approximate surface area is 116 Å². The zero-order valence-corrected chi connectivity index (χ0v) is 12.2.